The van der Waals surface area contributed by atoms with Crippen LogP contribution in [0.4, 0.5) is 8.78 Å². The van der Waals surface area contributed by atoms with E-state index >= 15 is 0 Å². The topological polar surface area (TPSA) is 28.1 Å². The van der Waals surface area contributed by atoms with Crippen molar-refractivity contribution in [2.24, 2.45) is 10.9 Å². The first-order valence-corrected chi connectivity index (χ1v) is 8.75. The van der Waals surface area contributed by atoms with Crippen molar-refractivity contribution in [3.63, 3.8) is 0 Å². The molecule has 2 nitrogen and oxygen atoms in total. The summed E-state index contributed by atoms with van der Waals surface area (Å²) in [7, 11) is 0. The molecule has 0 spiro atoms. The molecule has 1 heterocycles. The summed E-state index contributed by atoms with van der Waals surface area (Å²) in [6.45, 7) is 0.873. The van der Waals surface area contributed by atoms with Gasteiger partial charge in [0.25, 0.3) is 0 Å². The SMILES string of the molecule is Fc1cc2[nH]c3c(c2cc1F)CCC/C3=N\CCC1CCCC1. The molecule has 122 valence electrons. The lowest BCUT2D eigenvalue weighted by atomic mass is 9.94. The molecule has 1 N–H and O–H groups in total. The van der Waals surface area contributed by atoms with Crippen molar-refractivity contribution < 1.29 is 8.78 Å². The molecule has 0 atom stereocenters. The molecule has 0 unspecified atom stereocenters. The number of nitrogens with zero attached hydrogens (tertiary/aromatic N) is 1. The van der Waals surface area contributed by atoms with Gasteiger partial charge >= 0.3 is 0 Å². The number of halogens is 2. The van der Waals surface area contributed by atoms with E-state index in [2.05, 4.69) is 4.98 Å². The Labute approximate surface area is 135 Å². The summed E-state index contributed by atoms with van der Waals surface area (Å²) in [6.07, 6.45) is 9.48. The summed E-state index contributed by atoms with van der Waals surface area (Å²) in [5, 5.41) is 0.807. The highest BCUT2D eigenvalue weighted by Crippen LogP contribution is 2.31. The number of fused-ring (bicyclic) bond motifs is 3. The molecule has 0 amide bonds. The normalized spacial score (nSPS) is 20.5. The van der Waals surface area contributed by atoms with E-state index in [0.717, 1.165) is 54.1 Å². The summed E-state index contributed by atoms with van der Waals surface area (Å²) < 4.78 is 27.0. The van der Waals surface area contributed by atoms with Crippen molar-refractivity contribution in [3.05, 3.63) is 35.0 Å². The monoisotopic (exact) mass is 316 g/mol. The number of aryl methyl sites for hydroxylation is 1. The largest absolute Gasteiger partial charge is 0.353 e. The van der Waals surface area contributed by atoms with Gasteiger partial charge in [-0.05, 0) is 43.2 Å². The second-order valence-corrected chi connectivity index (χ2v) is 6.91. The molecule has 1 fully saturated rings. The van der Waals surface area contributed by atoms with Gasteiger partial charge in [0.05, 0.1) is 11.4 Å². The van der Waals surface area contributed by atoms with Crippen LogP contribution in [0.2, 0.25) is 0 Å². The smallest absolute Gasteiger partial charge is 0.160 e. The number of aromatic amines is 1. The highest BCUT2D eigenvalue weighted by atomic mass is 19.2. The summed E-state index contributed by atoms with van der Waals surface area (Å²) in [5.41, 5.74) is 3.87. The van der Waals surface area contributed by atoms with Crippen LogP contribution < -0.4 is 0 Å². The molecule has 23 heavy (non-hydrogen) atoms. The van der Waals surface area contributed by atoms with Crippen molar-refractivity contribution in [1.29, 1.82) is 0 Å². The van der Waals surface area contributed by atoms with Gasteiger partial charge in [-0.3, -0.25) is 4.99 Å². The van der Waals surface area contributed by atoms with E-state index in [1.165, 1.54) is 44.2 Å². The molecule has 0 saturated heterocycles. The van der Waals surface area contributed by atoms with Crippen LogP contribution in [0, 0.1) is 17.6 Å². The standard InChI is InChI=1S/C19H22F2N2/c20-15-10-14-13-6-3-7-17(19(13)23-18(14)11-16(15)21)22-9-8-12-4-1-2-5-12/h10-12,23H,1-9H2/b22-17+. The Bertz CT molecular complexity index is 754. The molecule has 1 aromatic carbocycles. The fraction of sp³-hybridized carbons (Fsp3) is 0.526. The van der Waals surface area contributed by atoms with Crippen LogP contribution in [-0.2, 0) is 6.42 Å². The second kappa shape index (κ2) is 6.06. The van der Waals surface area contributed by atoms with Gasteiger partial charge in [-0.1, -0.05) is 25.7 Å². The predicted octanol–water partition coefficient (Wildman–Crippen LogP) is 5.15. The van der Waals surface area contributed by atoms with Crippen molar-refractivity contribution in [2.45, 2.75) is 51.4 Å². The van der Waals surface area contributed by atoms with E-state index in [0.29, 0.717) is 5.52 Å². The molecule has 1 aromatic heterocycles. The lowest BCUT2D eigenvalue weighted by Gasteiger charge is -2.15. The number of nitrogens with one attached hydrogen (secondary N) is 1. The van der Waals surface area contributed by atoms with E-state index in [1.54, 1.807) is 0 Å². The van der Waals surface area contributed by atoms with E-state index in [4.69, 9.17) is 4.99 Å². The maximum Gasteiger partial charge on any atom is 0.160 e. The van der Waals surface area contributed by atoms with Gasteiger partial charge in [-0.25, -0.2) is 8.78 Å². The number of H-pyrrole nitrogens is 1. The van der Waals surface area contributed by atoms with E-state index in [9.17, 15) is 8.78 Å². The zero-order valence-electron chi connectivity index (χ0n) is 13.3. The maximum atomic E-state index is 13.5. The highest BCUT2D eigenvalue weighted by Gasteiger charge is 2.22. The summed E-state index contributed by atoms with van der Waals surface area (Å²) in [6, 6.07) is 2.58. The van der Waals surface area contributed by atoms with Gasteiger partial charge in [0.15, 0.2) is 11.6 Å². The average Bonchev–Trinajstić information content (AvgIpc) is 3.16. The van der Waals surface area contributed by atoms with Crippen molar-refractivity contribution >= 4 is 16.6 Å². The minimum atomic E-state index is -0.796. The third kappa shape index (κ3) is 2.79. The van der Waals surface area contributed by atoms with Gasteiger partial charge in [-0.15, -0.1) is 0 Å². The third-order valence-electron chi connectivity index (χ3n) is 5.39. The lowest BCUT2D eigenvalue weighted by Crippen LogP contribution is -2.12. The Morgan fingerprint density at radius 2 is 1.83 bits per heavy atom. The first-order valence-electron chi connectivity index (χ1n) is 8.75. The lowest BCUT2D eigenvalue weighted by molar-refractivity contribution is 0.511. The summed E-state index contributed by atoms with van der Waals surface area (Å²) in [5.74, 6) is -0.728. The molecule has 4 heteroatoms. The molecule has 0 aliphatic heterocycles. The van der Waals surface area contributed by atoms with E-state index in [1.807, 2.05) is 0 Å². The van der Waals surface area contributed by atoms with E-state index < -0.39 is 11.6 Å². The van der Waals surface area contributed by atoms with Crippen LogP contribution in [0.5, 0.6) is 0 Å². The third-order valence-corrected chi connectivity index (χ3v) is 5.39. The quantitative estimate of drug-likeness (QED) is 0.811. The van der Waals surface area contributed by atoms with E-state index in [-0.39, 0.29) is 0 Å². The minimum Gasteiger partial charge on any atom is -0.353 e. The molecular weight excluding hydrogens is 294 g/mol. The number of hydrogen-bond donors (Lipinski definition) is 1. The van der Waals surface area contributed by atoms with Gasteiger partial charge < -0.3 is 4.98 Å². The Balaban J connectivity index is 1.62. The van der Waals surface area contributed by atoms with Crippen LogP contribution in [-0.4, -0.2) is 17.2 Å². The second-order valence-electron chi connectivity index (χ2n) is 6.91. The van der Waals surface area contributed by atoms with Crippen LogP contribution >= 0.6 is 0 Å². The highest BCUT2D eigenvalue weighted by molar-refractivity contribution is 6.06. The molecule has 4 rings (SSSR count). The van der Waals surface area contributed by atoms with Gasteiger partial charge in [0.2, 0.25) is 0 Å². The molecule has 1 saturated carbocycles. The number of benzene rings is 1. The summed E-state index contributed by atoms with van der Waals surface area (Å²) >= 11 is 0. The Morgan fingerprint density at radius 1 is 1.04 bits per heavy atom. The number of rotatable bonds is 3. The number of aromatic nitrogens is 1. The number of hydrogen-bond acceptors (Lipinski definition) is 1. The number of aliphatic imine (C=N–C) groups is 1. The first kappa shape index (κ1) is 14.9. The van der Waals surface area contributed by atoms with Crippen molar-refractivity contribution in [1.82, 2.24) is 4.98 Å². The Morgan fingerprint density at radius 3 is 2.65 bits per heavy atom. The molecule has 2 aliphatic carbocycles. The predicted molar refractivity (Wildman–Crippen MR) is 89.1 cm³/mol. The van der Waals surface area contributed by atoms with Crippen LogP contribution in [0.1, 0.15) is 56.2 Å². The molecule has 0 bridgehead atoms. The van der Waals surface area contributed by atoms with Crippen molar-refractivity contribution in [3.8, 4) is 0 Å². The first-order chi connectivity index (χ1) is 11.2. The fourth-order valence-corrected chi connectivity index (χ4v) is 4.15. The van der Waals surface area contributed by atoms with Gasteiger partial charge in [0.1, 0.15) is 0 Å². The zero-order chi connectivity index (χ0) is 15.8. The molecule has 2 aromatic rings. The van der Waals surface area contributed by atoms with Gasteiger partial charge in [0, 0.05) is 23.5 Å². The van der Waals surface area contributed by atoms with Crippen LogP contribution in [0.15, 0.2) is 17.1 Å². The fourth-order valence-electron chi connectivity index (χ4n) is 4.15. The molecular formula is C19H22F2N2. The Hall–Kier alpha value is -1.71. The zero-order valence-corrected chi connectivity index (χ0v) is 13.3. The minimum absolute atomic E-state index is 0.680. The Kier molecular flexibility index (Phi) is 3.92. The molecule has 2 aliphatic rings. The van der Waals surface area contributed by atoms with Crippen LogP contribution in [0.25, 0.3) is 10.9 Å². The van der Waals surface area contributed by atoms with Crippen LogP contribution in [0.3, 0.4) is 0 Å². The maximum absolute atomic E-state index is 13.5. The summed E-state index contributed by atoms with van der Waals surface area (Å²) in [4.78, 5) is 8.10. The van der Waals surface area contributed by atoms with Gasteiger partial charge in [-0.2, -0.15) is 0 Å². The average molecular weight is 316 g/mol. The van der Waals surface area contributed by atoms with Crippen molar-refractivity contribution in [2.75, 3.05) is 6.54 Å². The molecule has 0 radical (unpaired) electrons.